The average Bonchev–Trinajstić information content (AvgIpc) is 3.51. The van der Waals surface area contributed by atoms with Gasteiger partial charge in [-0.3, -0.25) is 4.79 Å². The first kappa shape index (κ1) is 21.4. The van der Waals surface area contributed by atoms with E-state index >= 15 is 0 Å². The number of nitrogens with one attached hydrogen (secondary N) is 1. The SMILES string of the molecule is O=C(NC(c1ccccc1)c1cc2ccccc2o1)c1ccc(S(=O)(=O)N2CCOCC2)o1. The molecule has 0 spiro atoms. The van der Waals surface area contributed by atoms with Gasteiger partial charge in [0.2, 0.25) is 5.09 Å². The second-order valence-electron chi connectivity index (χ2n) is 7.64. The van der Waals surface area contributed by atoms with Crippen LogP contribution in [0, 0.1) is 0 Å². The summed E-state index contributed by atoms with van der Waals surface area (Å²) in [6, 6.07) is 20.9. The van der Waals surface area contributed by atoms with Crippen LogP contribution in [0.2, 0.25) is 0 Å². The number of carbonyl (C=O) groups is 1. The number of sulfonamides is 1. The van der Waals surface area contributed by atoms with E-state index in [-0.39, 0.29) is 23.9 Å². The van der Waals surface area contributed by atoms with Gasteiger partial charge >= 0.3 is 0 Å². The van der Waals surface area contributed by atoms with Crippen molar-refractivity contribution in [2.75, 3.05) is 26.3 Å². The van der Waals surface area contributed by atoms with Crippen molar-refractivity contribution in [2.45, 2.75) is 11.1 Å². The number of fused-ring (bicyclic) bond motifs is 1. The molecule has 3 heterocycles. The van der Waals surface area contributed by atoms with Crippen LogP contribution in [-0.2, 0) is 14.8 Å². The van der Waals surface area contributed by atoms with Gasteiger partial charge in [-0.25, -0.2) is 8.42 Å². The Hall–Kier alpha value is -3.40. The third-order valence-electron chi connectivity index (χ3n) is 5.51. The molecule has 0 radical (unpaired) electrons. The summed E-state index contributed by atoms with van der Waals surface area (Å²) in [7, 11) is -3.84. The minimum atomic E-state index is -3.84. The molecule has 1 aliphatic heterocycles. The third-order valence-corrected chi connectivity index (χ3v) is 7.28. The smallest absolute Gasteiger partial charge is 0.287 e. The first-order valence-corrected chi connectivity index (χ1v) is 12.0. The monoisotopic (exact) mass is 466 g/mol. The highest BCUT2D eigenvalue weighted by Crippen LogP contribution is 2.29. The first-order chi connectivity index (χ1) is 16.0. The van der Waals surface area contributed by atoms with E-state index in [1.807, 2.05) is 60.7 Å². The number of carbonyl (C=O) groups excluding carboxylic acids is 1. The molecule has 9 heteroatoms. The predicted octanol–water partition coefficient (Wildman–Crippen LogP) is 3.57. The largest absolute Gasteiger partial charge is 0.459 e. The number of morpholine rings is 1. The number of furan rings is 2. The van der Waals surface area contributed by atoms with E-state index in [4.69, 9.17) is 13.6 Å². The number of ether oxygens (including phenoxy) is 1. The summed E-state index contributed by atoms with van der Waals surface area (Å²) < 4.78 is 43.6. The lowest BCUT2D eigenvalue weighted by atomic mass is 10.0. The Balaban J connectivity index is 1.42. The lowest BCUT2D eigenvalue weighted by molar-refractivity contribution is 0.0722. The molecule has 1 unspecified atom stereocenters. The second-order valence-corrected chi connectivity index (χ2v) is 9.51. The fourth-order valence-corrected chi connectivity index (χ4v) is 5.13. The maximum absolute atomic E-state index is 13.1. The molecule has 0 saturated carbocycles. The average molecular weight is 467 g/mol. The molecule has 1 fully saturated rings. The molecule has 33 heavy (non-hydrogen) atoms. The van der Waals surface area contributed by atoms with Gasteiger partial charge < -0.3 is 18.9 Å². The molecule has 0 bridgehead atoms. The van der Waals surface area contributed by atoms with Crippen LogP contribution < -0.4 is 5.32 Å². The third kappa shape index (κ3) is 4.30. The highest BCUT2D eigenvalue weighted by molar-refractivity contribution is 7.89. The normalized spacial score (nSPS) is 16.0. The van der Waals surface area contributed by atoms with Crippen molar-refractivity contribution in [1.29, 1.82) is 0 Å². The molecular weight excluding hydrogens is 444 g/mol. The number of rotatable bonds is 6. The molecule has 0 aliphatic carbocycles. The Morgan fingerprint density at radius 3 is 2.39 bits per heavy atom. The van der Waals surface area contributed by atoms with Crippen LogP contribution in [0.1, 0.15) is 27.9 Å². The van der Waals surface area contributed by atoms with Crippen LogP contribution in [-0.4, -0.2) is 44.9 Å². The van der Waals surface area contributed by atoms with Crippen LogP contribution in [0.15, 0.2) is 86.7 Å². The summed E-state index contributed by atoms with van der Waals surface area (Å²) in [5.41, 5.74) is 1.53. The van der Waals surface area contributed by atoms with Crippen LogP contribution >= 0.6 is 0 Å². The van der Waals surface area contributed by atoms with Gasteiger partial charge in [0.05, 0.1) is 13.2 Å². The van der Waals surface area contributed by atoms with Gasteiger partial charge in [0.15, 0.2) is 5.76 Å². The number of nitrogens with zero attached hydrogens (tertiary/aromatic N) is 1. The van der Waals surface area contributed by atoms with E-state index < -0.39 is 22.0 Å². The predicted molar refractivity (Wildman–Crippen MR) is 120 cm³/mol. The van der Waals surface area contributed by atoms with Gasteiger partial charge in [0.1, 0.15) is 17.4 Å². The van der Waals surface area contributed by atoms with Gasteiger partial charge in [-0.05, 0) is 29.8 Å². The van der Waals surface area contributed by atoms with E-state index in [2.05, 4.69) is 5.32 Å². The molecule has 1 N–H and O–H groups in total. The molecule has 1 saturated heterocycles. The number of para-hydroxylation sites is 1. The van der Waals surface area contributed by atoms with Crippen molar-refractivity contribution in [3.63, 3.8) is 0 Å². The summed E-state index contributed by atoms with van der Waals surface area (Å²) in [6.07, 6.45) is 0. The van der Waals surface area contributed by atoms with E-state index in [9.17, 15) is 13.2 Å². The number of hydrogen-bond donors (Lipinski definition) is 1. The van der Waals surface area contributed by atoms with Crippen LogP contribution in [0.3, 0.4) is 0 Å². The Morgan fingerprint density at radius 1 is 0.909 bits per heavy atom. The van der Waals surface area contributed by atoms with Crippen LogP contribution in [0.5, 0.6) is 0 Å². The highest BCUT2D eigenvalue weighted by Gasteiger charge is 2.31. The lowest BCUT2D eigenvalue weighted by Crippen LogP contribution is -2.40. The van der Waals surface area contributed by atoms with Gasteiger partial charge in [0.25, 0.3) is 15.9 Å². The van der Waals surface area contributed by atoms with Gasteiger partial charge in [-0.2, -0.15) is 4.31 Å². The lowest BCUT2D eigenvalue weighted by Gasteiger charge is -2.24. The second kappa shape index (κ2) is 8.86. The minimum absolute atomic E-state index is 0.0983. The standard InChI is InChI=1S/C24H22N2O6S/c27-24(20-10-11-22(32-20)33(28,29)26-12-14-30-15-13-26)25-23(17-6-2-1-3-7-17)21-16-18-8-4-5-9-19(18)31-21/h1-11,16,23H,12-15H2,(H,25,27). The molecule has 8 nitrogen and oxygen atoms in total. The molecule has 2 aromatic heterocycles. The maximum Gasteiger partial charge on any atom is 0.287 e. The molecule has 1 amide bonds. The van der Waals surface area contributed by atoms with Crippen molar-refractivity contribution < 1.29 is 26.8 Å². The Morgan fingerprint density at radius 2 is 1.64 bits per heavy atom. The summed E-state index contributed by atoms with van der Waals surface area (Å²) in [5, 5.41) is 3.56. The molecule has 1 atom stereocenters. The number of hydrogen-bond acceptors (Lipinski definition) is 6. The Bertz CT molecular complexity index is 1340. The minimum Gasteiger partial charge on any atom is -0.459 e. The van der Waals surface area contributed by atoms with Crippen molar-refractivity contribution >= 4 is 26.9 Å². The molecule has 5 rings (SSSR count). The van der Waals surface area contributed by atoms with E-state index in [0.29, 0.717) is 24.6 Å². The van der Waals surface area contributed by atoms with Gasteiger partial charge in [-0.1, -0.05) is 48.5 Å². The van der Waals surface area contributed by atoms with E-state index in [1.54, 1.807) is 0 Å². The van der Waals surface area contributed by atoms with Crippen LogP contribution in [0.4, 0.5) is 0 Å². The van der Waals surface area contributed by atoms with Crippen LogP contribution in [0.25, 0.3) is 11.0 Å². The topological polar surface area (TPSA) is 102 Å². The summed E-state index contributed by atoms with van der Waals surface area (Å²) in [4.78, 5) is 13.1. The molecule has 170 valence electrons. The highest BCUT2D eigenvalue weighted by atomic mass is 32.2. The zero-order valence-corrected chi connectivity index (χ0v) is 18.5. The molecule has 2 aromatic carbocycles. The molecule has 4 aromatic rings. The fourth-order valence-electron chi connectivity index (χ4n) is 3.81. The molecular formula is C24H22N2O6S. The number of amides is 1. The van der Waals surface area contributed by atoms with E-state index in [1.165, 1.54) is 16.4 Å². The van der Waals surface area contributed by atoms with Gasteiger partial charge in [-0.15, -0.1) is 0 Å². The summed E-state index contributed by atoms with van der Waals surface area (Å²) in [5.74, 6) is -0.0879. The van der Waals surface area contributed by atoms with E-state index in [0.717, 1.165) is 10.9 Å². The number of benzene rings is 2. The van der Waals surface area contributed by atoms with Crippen molar-refractivity contribution in [3.05, 3.63) is 89.9 Å². The van der Waals surface area contributed by atoms with Crippen molar-refractivity contribution in [2.24, 2.45) is 0 Å². The summed E-state index contributed by atoms with van der Waals surface area (Å²) in [6.45, 7) is 1.13. The Labute approximate surface area is 190 Å². The van der Waals surface area contributed by atoms with Gasteiger partial charge in [0, 0.05) is 18.5 Å². The fraction of sp³-hybridized carbons (Fsp3) is 0.208. The quantitative estimate of drug-likeness (QED) is 0.466. The summed E-state index contributed by atoms with van der Waals surface area (Å²) >= 11 is 0. The maximum atomic E-state index is 13.1. The van der Waals surface area contributed by atoms with Crippen molar-refractivity contribution in [1.82, 2.24) is 9.62 Å². The van der Waals surface area contributed by atoms with Crippen molar-refractivity contribution in [3.8, 4) is 0 Å². The first-order valence-electron chi connectivity index (χ1n) is 10.5. The molecule has 1 aliphatic rings. The zero-order valence-electron chi connectivity index (χ0n) is 17.6. The zero-order chi connectivity index (χ0) is 22.8. The Kier molecular flexibility index (Phi) is 5.76.